The van der Waals surface area contributed by atoms with Crippen molar-refractivity contribution < 1.29 is 9.59 Å². The van der Waals surface area contributed by atoms with Crippen molar-refractivity contribution in [3.05, 3.63) is 29.8 Å². The first kappa shape index (κ1) is 14.2. The fraction of sp³-hybridized carbons (Fsp3) is 0.429. The van der Waals surface area contributed by atoms with E-state index in [1.54, 1.807) is 18.2 Å². The topological polar surface area (TPSA) is 58.2 Å². The van der Waals surface area contributed by atoms with Crippen molar-refractivity contribution in [2.75, 3.05) is 11.9 Å². The highest BCUT2D eigenvalue weighted by atomic mass is 16.2. The molecule has 0 aliphatic carbocycles. The number of carbonyl (C=O) groups excluding carboxylic acids is 2. The van der Waals surface area contributed by atoms with E-state index < -0.39 is 0 Å². The summed E-state index contributed by atoms with van der Waals surface area (Å²) < 4.78 is 0. The maximum Gasteiger partial charge on any atom is 0.239 e. The second-order valence-electron chi connectivity index (χ2n) is 5.29. The third-order valence-corrected chi connectivity index (χ3v) is 2.24. The Morgan fingerprint density at radius 2 is 1.89 bits per heavy atom. The van der Waals surface area contributed by atoms with Gasteiger partial charge in [0.25, 0.3) is 0 Å². The molecule has 1 rings (SSSR count). The monoisotopic (exact) mass is 248 g/mol. The highest BCUT2D eigenvalue weighted by Gasteiger charge is 2.13. The molecule has 4 heteroatoms. The van der Waals surface area contributed by atoms with Gasteiger partial charge in [0.1, 0.15) is 0 Å². The Kier molecular flexibility index (Phi) is 4.48. The molecule has 0 aliphatic heterocycles. The van der Waals surface area contributed by atoms with Crippen molar-refractivity contribution >= 4 is 17.4 Å². The van der Waals surface area contributed by atoms with Crippen molar-refractivity contribution in [2.24, 2.45) is 0 Å². The number of anilines is 1. The molecule has 0 fully saturated rings. The van der Waals surface area contributed by atoms with Crippen molar-refractivity contribution in [2.45, 2.75) is 33.2 Å². The van der Waals surface area contributed by atoms with Gasteiger partial charge in [-0.2, -0.15) is 0 Å². The van der Waals surface area contributed by atoms with E-state index in [1.165, 1.54) is 6.92 Å². The predicted molar refractivity (Wildman–Crippen MR) is 72.8 cm³/mol. The van der Waals surface area contributed by atoms with Gasteiger partial charge < -0.3 is 10.6 Å². The fourth-order valence-electron chi connectivity index (χ4n) is 1.49. The van der Waals surface area contributed by atoms with E-state index in [0.29, 0.717) is 5.56 Å². The summed E-state index contributed by atoms with van der Waals surface area (Å²) in [5, 5.41) is 5.86. The smallest absolute Gasteiger partial charge is 0.239 e. The summed E-state index contributed by atoms with van der Waals surface area (Å²) in [5.41, 5.74) is 1.17. The maximum absolute atomic E-state index is 11.6. The van der Waals surface area contributed by atoms with Crippen molar-refractivity contribution in [1.82, 2.24) is 5.32 Å². The second kappa shape index (κ2) is 5.67. The molecule has 4 nitrogen and oxygen atoms in total. The van der Waals surface area contributed by atoms with Crippen LogP contribution in [-0.2, 0) is 4.79 Å². The number of Topliss-reactive ketones (excluding diaryl/α,β-unsaturated/α-hetero) is 1. The average molecular weight is 248 g/mol. The van der Waals surface area contributed by atoms with Gasteiger partial charge in [0.15, 0.2) is 5.78 Å². The van der Waals surface area contributed by atoms with E-state index in [1.807, 2.05) is 26.8 Å². The molecule has 2 N–H and O–H groups in total. The normalized spacial score (nSPS) is 10.9. The molecular formula is C14H20N2O2. The average Bonchev–Trinajstić information content (AvgIpc) is 2.24. The van der Waals surface area contributed by atoms with Gasteiger partial charge in [0.2, 0.25) is 5.91 Å². The van der Waals surface area contributed by atoms with Crippen LogP contribution in [0.2, 0.25) is 0 Å². The van der Waals surface area contributed by atoms with Gasteiger partial charge in [-0.25, -0.2) is 0 Å². The Hall–Kier alpha value is -1.84. The molecule has 1 aromatic rings. The molecule has 0 saturated heterocycles. The van der Waals surface area contributed by atoms with Gasteiger partial charge >= 0.3 is 0 Å². The number of amides is 1. The molecule has 0 aliphatic rings. The van der Waals surface area contributed by atoms with Gasteiger partial charge in [-0.15, -0.1) is 0 Å². The molecule has 98 valence electrons. The zero-order valence-electron chi connectivity index (χ0n) is 11.3. The quantitative estimate of drug-likeness (QED) is 0.803. The fourth-order valence-corrected chi connectivity index (χ4v) is 1.49. The Morgan fingerprint density at radius 1 is 1.22 bits per heavy atom. The summed E-state index contributed by atoms with van der Waals surface area (Å²) >= 11 is 0. The molecule has 0 heterocycles. The largest absolute Gasteiger partial charge is 0.376 e. The lowest BCUT2D eigenvalue weighted by Gasteiger charge is -2.20. The number of ketones is 1. The summed E-state index contributed by atoms with van der Waals surface area (Å²) in [4.78, 5) is 22.8. The number of hydrogen-bond acceptors (Lipinski definition) is 3. The Morgan fingerprint density at radius 3 is 2.44 bits per heavy atom. The highest BCUT2D eigenvalue weighted by Crippen LogP contribution is 2.10. The van der Waals surface area contributed by atoms with Crippen LogP contribution in [-0.4, -0.2) is 23.8 Å². The SMILES string of the molecule is CC(=O)c1cccc(NCC(=O)NC(C)(C)C)c1. The van der Waals surface area contributed by atoms with E-state index in [9.17, 15) is 9.59 Å². The molecule has 0 unspecified atom stereocenters. The first-order chi connectivity index (χ1) is 8.28. The third-order valence-electron chi connectivity index (χ3n) is 2.24. The molecule has 0 aromatic heterocycles. The zero-order valence-corrected chi connectivity index (χ0v) is 11.3. The van der Waals surface area contributed by atoms with E-state index in [2.05, 4.69) is 10.6 Å². The van der Waals surface area contributed by atoms with Crippen LogP contribution in [0.5, 0.6) is 0 Å². The number of hydrogen-bond donors (Lipinski definition) is 2. The standard InChI is InChI=1S/C14H20N2O2/c1-10(17)11-6-5-7-12(8-11)15-9-13(18)16-14(2,3)4/h5-8,15H,9H2,1-4H3,(H,16,18). The van der Waals surface area contributed by atoms with E-state index in [0.717, 1.165) is 5.69 Å². The summed E-state index contributed by atoms with van der Waals surface area (Å²) in [5.74, 6) is -0.0616. The number of carbonyl (C=O) groups is 2. The minimum Gasteiger partial charge on any atom is -0.376 e. The summed E-state index contributed by atoms with van der Waals surface area (Å²) in [7, 11) is 0. The van der Waals surface area contributed by atoms with E-state index in [4.69, 9.17) is 0 Å². The maximum atomic E-state index is 11.6. The van der Waals surface area contributed by atoms with Gasteiger partial charge in [0, 0.05) is 16.8 Å². The first-order valence-corrected chi connectivity index (χ1v) is 5.94. The van der Waals surface area contributed by atoms with Gasteiger partial charge in [-0.3, -0.25) is 9.59 Å². The Bertz CT molecular complexity index is 447. The van der Waals surface area contributed by atoms with Crippen LogP contribution in [0.4, 0.5) is 5.69 Å². The molecule has 18 heavy (non-hydrogen) atoms. The molecular weight excluding hydrogens is 228 g/mol. The van der Waals surface area contributed by atoms with Crippen LogP contribution in [0.3, 0.4) is 0 Å². The molecule has 1 amide bonds. The van der Waals surface area contributed by atoms with E-state index >= 15 is 0 Å². The summed E-state index contributed by atoms with van der Waals surface area (Å²) in [6, 6.07) is 7.12. The van der Waals surface area contributed by atoms with Gasteiger partial charge in [0.05, 0.1) is 6.54 Å². The van der Waals surface area contributed by atoms with Crippen LogP contribution < -0.4 is 10.6 Å². The second-order valence-corrected chi connectivity index (χ2v) is 5.29. The van der Waals surface area contributed by atoms with Crippen LogP contribution in [0.1, 0.15) is 38.1 Å². The van der Waals surface area contributed by atoms with Crippen LogP contribution in [0.25, 0.3) is 0 Å². The summed E-state index contributed by atoms with van der Waals surface area (Å²) in [6.07, 6.45) is 0. The summed E-state index contributed by atoms with van der Waals surface area (Å²) in [6.45, 7) is 7.51. The zero-order chi connectivity index (χ0) is 13.8. The minimum absolute atomic E-state index is 0.0118. The minimum atomic E-state index is -0.236. The lowest BCUT2D eigenvalue weighted by molar-refractivity contribution is -0.120. The Balaban J connectivity index is 2.56. The van der Waals surface area contributed by atoms with Crippen molar-refractivity contribution in [3.8, 4) is 0 Å². The van der Waals surface area contributed by atoms with Gasteiger partial charge in [-0.1, -0.05) is 12.1 Å². The van der Waals surface area contributed by atoms with Gasteiger partial charge in [-0.05, 0) is 39.8 Å². The lowest BCUT2D eigenvalue weighted by Crippen LogP contribution is -2.43. The molecule has 1 aromatic carbocycles. The van der Waals surface area contributed by atoms with Crippen molar-refractivity contribution in [1.29, 1.82) is 0 Å². The van der Waals surface area contributed by atoms with E-state index in [-0.39, 0.29) is 23.8 Å². The van der Waals surface area contributed by atoms with Crippen LogP contribution in [0.15, 0.2) is 24.3 Å². The molecule has 0 saturated carbocycles. The third kappa shape index (κ3) is 4.99. The molecule has 0 atom stereocenters. The predicted octanol–water partition coefficient (Wildman–Crippen LogP) is 2.22. The highest BCUT2D eigenvalue weighted by molar-refractivity contribution is 5.95. The number of benzene rings is 1. The number of rotatable bonds is 4. The molecule has 0 radical (unpaired) electrons. The van der Waals surface area contributed by atoms with Crippen LogP contribution in [0, 0.1) is 0 Å². The first-order valence-electron chi connectivity index (χ1n) is 5.94. The lowest BCUT2D eigenvalue weighted by atomic mass is 10.1. The number of nitrogens with one attached hydrogen (secondary N) is 2. The van der Waals surface area contributed by atoms with Crippen LogP contribution >= 0.6 is 0 Å². The molecule has 0 spiro atoms. The molecule has 0 bridgehead atoms. The van der Waals surface area contributed by atoms with Crippen molar-refractivity contribution in [3.63, 3.8) is 0 Å². The Labute approximate surface area is 108 Å².